The Morgan fingerprint density at radius 2 is 1.56 bits per heavy atom. The van der Waals surface area contributed by atoms with E-state index in [-0.39, 0.29) is 24.0 Å². The van der Waals surface area contributed by atoms with Gasteiger partial charge in [0.2, 0.25) is 5.91 Å². The average Bonchev–Trinajstić information content (AvgIpc) is 3.09. The van der Waals surface area contributed by atoms with Crippen molar-refractivity contribution in [2.75, 3.05) is 18.8 Å². The number of carbonyl (C=O) groups excluding carboxylic acids is 1. The molecule has 6 atom stereocenters. The number of halogens is 2. The van der Waals surface area contributed by atoms with Gasteiger partial charge in [0.15, 0.2) is 0 Å². The molecule has 3 aliphatic rings. The molecule has 236 valence electrons. The molecule has 0 aromatic heterocycles. The van der Waals surface area contributed by atoms with Gasteiger partial charge in [-0.25, -0.2) is 17.9 Å². The molecule has 6 N–H and O–H groups in total. The molecule has 12 heteroatoms. The van der Waals surface area contributed by atoms with Gasteiger partial charge in [-0.15, -0.1) is 10.8 Å². The van der Waals surface area contributed by atoms with Crippen LogP contribution in [0.3, 0.4) is 0 Å². The van der Waals surface area contributed by atoms with E-state index in [0.29, 0.717) is 30.0 Å². The molecule has 2 amide bonds. The van der Waals surface area contributed by atoms with Gasteiger partial charge in [-0.3, -0.25) is 13.9 Å². The van der Waals surface area contributed by atoms with Crippen molar-refractivity contribution < 1.29 is 32.6 Å². The first-order valence-corrected chi connectivity index (χ1v) is 16.8. The Kier molecular flexibility index (Phi) is 10.2. The van der Waals surface area contributed by atoms with Crippen LogP contribution >= 0.6 is 10.8 Å². The van der Waals surface area contributed by atoms with E-state index in [1.54, 1.807) is 0 Å². The fourth-order valence-electron chi connectivity index (χ4n) is 7.05. The first-order chi connectivity index (χ1) is 20.6. The van der Waals surface area contributed by atoms with Crippen molar-refractivity contribution in [1.82, 2.24) is 20.3 Å². The third-order valence-corrected chi connectivity index (χ3v) is 11.3. The lowest BCUT2D eigenvalue weighted by molar-refractivity contribution is -0.124. The van der Waals surface area contributed by atoms with Crippen LogP contribution in [-0.4, -0.2) is 73.5 Å². The van der Waals surface area contributed by atoms with Crippen LogP contribution in [0.5, 0.6) is 0 Å². The summed E-state index contributed by atoms with van der Waals surface area (Å²) < 4.78 is 51.2. The normalized spacial score (nSPS) is 28.3. The summed E-state index contributed by atoms with van der Waals surface area (Å²) in [5.41, 5.74) is 1.03. The third-order valence-electron chi connectivity index (χ3n) is 9.26. The van der Waals surface area contributed by atoms with Gasteiger partial charge in [-0.1, -0.05) is 37.1 Å². The molecule has 0 radical (unpaired) electrons. The van der Waals surface area contributed by atoms with Gasteiger partial charge in [-0.2, -0.15) is 0 Å². The largest absolute Gasteiger partial charge is 0.465 e. The molecular formula is C31H42F2N4O5S. The van der Waals surface area contributed by atoms with Crippen LogP contribution in [0, 0.1) is 17.6 Å². The van der Waals surface area contributed by atoms with Gasteiger partial charge in [-0.05, 0) is 79.8 Å². The van der Waals surface area contributed by atoms with Crippen LogP contribution in [0.4, 0.5) is 13.6 Å². The molecule has 9 nitrogen and oxygen atoms in total. The third kappa shape index (κ3) is 7.85. The summed E-state index contributed by atoms with van der Waals surface area (Å²) in [5, 5.41) is 18.8. The van der Waals surface area contributed by atoms with Crippen molar-refractivity contribution in [3.8, 4) is 0 Å². The highest BCUT2D eigenvalue weighted by atomic mass is 32.3. The lowest BCUT2D eigenvalue weighted by Crippen LogP contribution is -2.56. The molecule has 2 aromatic carbocycles. The molecule has 2 saturated heterocycles. The predicted molar refractivity (Wildman–Crippen MR) is 162 cm³/mol. The van der Waals surface area contributed by atoms with Crippen LogP contribution in [0.15, 0.2) is 48.5 Å². The molecule has 5 rings (SSSR count). The highest BCUT2D eigenvalue weighted by molar-refractivity contribution is 8.22. The number of carboxylic acid groups (broad SMARTS) is 1. The van der Waals surface area contributed by atoms with Crippen molar-refractivity contribution in [3.05, 3.63) is 71.3 Å². The lowest BCUT2D eigenvalue weighted by atomic mass is 9.80. The maximum Gasteiger partial charge on any atom is 0.405 e. The number of hydrogen-bond acceptors (Lipinski definition) is 6. The molecule has 2 aromatic rings. The van der Waals surface area contributed by atoms with Crippen molar-refractivity contribution in [2.24, 2.45) is 5.92 Å². The summed E-state index contributed by atoms with van der Waals surface area (Å²) >= 11 is 0. The van der Waals surface area contributed by atoms with Crippen LogP contribution in [0.1, 0.15) is 68.4 Å². The summed E-state index contributed by atoms with van der Waals surface area (Å²) in [7, 11) is -2.80. The number of fused-ring (bicyclic) bond motifs is 2. The fourth-order valence-corrected chi connectivity index (χ4v) is 8.91. The highest BCUT2D eigenvalue weighted by Gasteiger charge is 2.40. The van der Waals surface area contributed by atoms with Crippen LogP contribution in [0.2, 0.25) is 0 Å². The Morgan fingerprint density at radius 3 is 2.19 bits per heavy atom. The number of nitrogens with zero attached hydrogens (tertiary/aromatic N) is 1. The number of nitrogens with one attached hydrogen (secondary N) is 3. The molecule has 2 bridgehead atoms. The SMILES string of the molecule is O=C(O)N[C@H](C(=O)N[C@H]1CCCC[C@@H]1CC[C@H]1CN[C@@H]2CCCS(O)(O)N1C2)C(c1ccc(F)cc1)c1ccc(F)cc1. The summed E-state index contributed by atoms with van der Waals surface area (Å²) in [6, 6.07) is 9.84. The number of rotatable bonds is 9. The van der Waals surface area contributed by atoms with E-state index in [2.05, 4.69) is 16.0 Å². The number of amides is 2. The second kappa shape index (κ2) is 13.9. The van der Waals surface area contributed by atoms with Gasteiger partial charge >= 0.3 is 6.09 Å². The van der Waals surface area contributed by atoms with Crippen molar-refractivity contribution in [1.29, 1.82) is 0 Å². The van der Waals surface area contributed by atoms with Crippen molar-refractivity contribution in [3.63, 3.8) is 0 Å². The zero-order chi connectivity index (χ0) is 30.6. The zero-order valence-corrected chi connectivity index (χ0v) is 24.9. The molecule has 1 saturated carbocycles. The molecule has 3 fully saturated rings. The standard InChI is InChI=1S/C31H42F2N4O5S/c32-23-12-7-21(8-13-23)28(22-9-14-24(33)15-10-22)29(36-31(39)40)30(38)35-27-6-2-1-4-20(27)11-16-26-18-34-25-5-3-17-43(41,42)37(26)19-25/h7-10,12-15,20,25-29,34,36,41-42H,1-6,11,16-19H2,(H,35,38)(H,39,40)/t20-,25-,26+,27+,29+/m1/s1. The van der Waals surface area contributed by atoms with E-state index < -0.39 is 46.4 Å². The number of benzene rings is 2. The molecule has 1 aliphatic carbocycles. The minimum absolute atomic E-state index is 0.0135. The Balaban J connectivity index is 1.33. The molecule has 2 aliphatic heterocycles. The Hall–Kier alpha value is -2.77. The monoisotopic (exact) mass is 620 g/mol. The van der Waals surface area contributed by atoms with E-state index in [1.807, 2.05) is 4.31 Å². The average molecular weight is 621 g/mol. The fraction of sp³-hybridized carbons (Fsp3) is 0.548. The maximum absolute atomic E-state index is 13.9. The molecule has 1 unspecified atom stereocenters. The van der Waals surface area contributed by atoms with E-state index in [9.17, 15) is 32.6 Å². The van der Waals surface area contributed by atoms with Crippen LogP contribution in [0.25, 0.3) is 0 Å². The van der Waals surface area contributed by atoms with Crippen LogP contribution in [-0.2, 0) is 4.79 Å². The van der Waals surface area contributed by atoms with E-state index in [1.165, 1.54) is 48.5 Å². The summed E-state index contributed by atoms with van der Waals surface area (Å²) in [6.07, 6.45) is 5.46. The number of piperazine rings is 1. The lowest BCUT2D eigenvalue weighted by Gasteiger charge is -2.49. The maximum atomic E-state index is 13.9. The molecule has 0 spiro atoms. The van der Waals surface area contributed by atoms with Gasteiger partial charge < -0.3 is 21.1 Å². The Labute approximate surface area is 252 Å². The van der Waals surface area contributed by atoms with E-state index >= 15 is 0 Å². The Bertz CT molecular complexity index is 1210. The van der Waals surface area contributed by atoms with Gasteiger partial charge in [0, 0.05) is 37.1 Å². The molecular weight excluding hydrogens is 578 g/mol. The summed E-state index contributed by atoms with van der Waals surface area (Å²) in [5.74, 6) is -1.72. The van der Waals surface area contributed by atoms with E-state index in [4.69, 9.17) is 0 Å². The topological polar surface area (TPSA) is 134 Å². The van der Waals surface area contributed by atoms with E-state index in [0.717, 1.165) is 51.4 Å². The minimum Gasteiger partial charge on any atom is -0.465 e. The van der Waals surface area contributed by atoms with Gasteiger partial charge in [0.1, 0.15) is 17.7 Å². The van der Waals surface area contributed by atoms with Crippen LogP contribution < -0.4 is 16.0 Å². The number of hydrogen-bond donors (Lipinski definition) is 6. The van der Waals surface area contributed by atoms with Crippen molar-refractivity contribution >= 4 is 22.8 Å². The highest BCUT2D eigenvalue weighted by Crippen LogP contribution is 2.49. The first-order valence-electron chi connectivity index (χ1n) is 15.2. The molecule has 2 heterocycles. The second-order valence-electron chi connectivity index (χ2n) is 12.1. The summed E-state index contributed by atoms with van der Waals surface area (Å²) in [6.45, 7) is 1.31. The predicted octanol–water partition coefficient (Wildman–Crippen LogP) is 5.29. The quantitative estimate of drug-likeness (QED) is 0.224. The van der Waals surface area contributed by atoms with Gasteiger partial charge in [0.05, 0.1) is 5.75 Å². The number of carbonyl (C=O) groups is 2. The van der Waals surface area contributed by atoms with Crippen molar-refractivity contribution in [2.45, 2.75) is 81.5 Å². The smallest absolute Gasteiger partial charge is 0.405 e. The Morgan fingerprint density at radius 1 is 0.930 bits per heavy atom. The summed E-state index contributed by atoms with van der Waals surface area (Å²) in [4.78, 5) is 25.8. The molecule has 43 heavy (non-hydrogen) atoms. The van der Waals surface area contributed by atoms with Gasteiger partial charge in [0.25, 0.3) is 0 Å². The minimum atomic E-state index is -2.80. The second-order valence-corrected chi connectivity index (χ2v) is 14.2. The first kappa shape index (κ1) is 31.6. The zero-order valence-electron chi connectivity index (χ0n) is 24.1.